The van der Waals surface area contributed by atoms with Crippen molar-refractivity contribution in [3.63, 3.8) is 0 Å². The fraction of sp³-hybridized carbons (Fsp3) is 0.333. The van der Waals surface area contributed by atoms with E-state index in [1.807, 2.05) is 48.7 Å². The zero-order chi connectivity index (χ0) is 21.8. The van der Waals surface area contributed by atoms with Crippen LogP contribution in [0.5, 0.6) is 23.4 Å². The number of aromatic nitrogens is 3. The van der Waals surface area contributed by atoms with Gasteiger partial charge >= 0.3 is 6.01 Å². The second kappa shape index (κ2) is 9.42. The van der Waals surface area contributed by atoms with Crippen molar-refractivity contribution in [2.24, 2.45) is 0 Å². The Morgan fingerprint density at radius 3 is 2.78 bits per heavy atom. The number of hydrogen-bond donors (Lipinski definition) is 1. The predicted molar refractivity (Wildman–Crippen MR) is 122 cm³/mol. The third-order valence-electron chi connectivity index (χ3n) is 5.54. The van der Waals surface area contributed by atoms with Gasteiger partial charge in [0.2, 0.25) is 5.88 Å². The number of morpholine rings is 1. The van der Waals surface area contributed by atoms with E-state index in [-0.39, 0.29) is 0 Å². The van der Waals surface area contributed by atoms with Crippen molar-refractivity contribution in [2.75, 3.05) is 46.6 Å². The van der Waals surface area contributed by atoms with Crippen molar-refractivity contribution >= 4 is 21.8 Å². The first-order chi connectivity index (χ1) is 15.8. The van der Waals surface area contributed by atoms with Crippen LogP contribution in [0.1, 0.15) is 6.42 Å². The number of nitrogens with one attached hydrogen (secondary N) is 1. The largest absolute Gasteiger partial charge is 0.497 e. The van der Waals surface area contributed by atoms with E-state index < -0.39 is 0 Å². The quantitative estimate of drug-likeness (QED) is 0.420. The topological polar surface area (TPSA) is 81.7 Å². The molecule has 0 bridgehead atoms. The van der Waals surface area contributed by atoms with Gasteiger partial charge in [-0.25, -0.2) is 0 Å². The minimum atomic E-state index is 0.306. The summed E-state index contributed by atoms with van der Waals surface area (Å²) in [7, 11) is 1.63. The van der Waals surface area contributed by atoms with Crippen LogP contribution < -0.4 is 14.2 Å². The maximum Gasteiger partial charge on any atom is 0.320 e. The van der Waals surface area contributed by atoms with Crippen molar-refractivity contribution in [3.8, 4) is 23.4 Å². The molecule has 8 heteroatoms. The van der Waals surface area contributed by atoms with Gasteiger partial charge in [-0.2, -0.15) is 9.97 Å². The van der Waals surface area contributed by atoms with E-state index >= 15 is 0 Å². The number of H-pyrrole nitrogens is 1. The molecule has 0 amide bonds. The van der Waals surface area contributed by atoms with Crippen molar-refractivity contribution in [2.45, 2.75) is 6.42 Å². The van der Waals surface area contributed by atoms with Crippen LogP contribution in [0.15, 0.2) is 48.7 Å². The van der Waals surface area contributed by atoms with Gasteiger partial charge in [0.15, 0.2) is 0 Å². The number of ether oxygens (including phenoxy) is 4. The average Bonchev–Trinajstić information content (AvgIpc) is 3.30. The summed E-state index contributed by atoms with van der Waals surface area (Å²) in [6.07, 6.45) is 2.80. The molecule has 2 aromatic heterocycles. The Morgan fingerprint density at radius 2 is 1.91 bits per heavy atom. The summed E-state index contributed by atoms with van der Waals surface area (Å²) in [5.41, 5.74) is 1.73. The van der Waals surface area contributed by atoms with Crippen molar-refractivity contribution in [3.05, 3.63) is 48.7 Å². The number of hydrogen-bond acceptors (Lipinski definition) is 7. The molecule has 8 nitrogen and oxygen atoms in total. The van der Waals surface area contributed by atoms with Crippen molar-refractivity contribution < 1.29 is 18.9 Å². The third-order valence-corrected chi connectivity index (χ3v) is 5.54. The van der Waals surface area contributed by atoms with E-state index in [4.69, 9.17) is 18.9 Å². The highest BCUT2D eigenvalue weighted by molar-refractivity contribution is 5.86. The normalized spacial score (nSPS) is 14.7. The third kappa shape index (κ3) is 4.61. The van der Waals surface area contributed by atoms with Crippen molar-refractivity contribution in [1.29, 1.82) is 0 Å². The van der Waals surface area contributed by atoms with E-state index in [0.29, 0.717) is 30.0 Å². The molecule has 0 radical (unpaired) electrons. The molecular formula is C24H26N4O4. The van der Waals surface area contributed by atoms with E-state index in [1.165, 1.54) is 0 Å². The first-order valence-corrected chi connectivity index (χ1v) is 10.8. The molecule has 1 fully saturated rings. The highest BCUT2D eigenvalue weighted by atomic mass is 16.5. The summed E-state index contributed by atoms with van der Waals surface area (Å²) in [4.78, 5) is 14.7. The molecule has 32 heavy (non-hydrogen) atoms. The minimum absolute atomic E-state index is 0.306. The second-order valence-corrected chi connectivity index (χ2v) is 7.68. The lowest BCUT2D eigenvalue weighted by atomic mass is 10.2. The lowest BCUT2D eigenvalue weighted by molar-refractivity contribution is 0.0356. The predicted octanol–water partition coefficient (Wildman–Crippen LogP) is 4.01. The smallest absolute Gasteiger partial charge is 0.320 e. The fourth-order valence-electron chi connectivity index (χ4n) is 3.81. The number of aromatic amines is 1. The Kier molecular flexibility index (Phi) is 6.04. The Balaban J connectivity index is 1.36. The molecule has 0 aliphatic carbocycles. The van der Waals surface area contributed by atoms with Gasteiger partial charge in [0.25, 0.3) is 0 Å². The molecule has 2 aromatic carbocycles. The highest BCUT2D eigenvalue weighted by Gasteiger charge is 2.14. The van der Waals surface area contributed by atoms with E-state index in [0.717, 1.165) is 61.1 Å². The molecule has 5 rings (SSSR count). The van der Waals surface area contributed by atoms with Gasteiger partial charge in [-0.3, -0.25) is 4.90 Å². The average molecular weight is 434 g/mol. The Bertz CT molecular complexity index is 1200. The van der Waals surface area contributed by atoms with E-state index in [9.17, 15) is 0 Å². The molecule has 1 aliphatic rings. The van der Waals surface area contributed by atoms with Gasteiger partial charge in [0, 0.05) is 37.4 Å². The van der Waals surface area contributed by atoms with Crippen LogP contribution in [0.25, 0.3) is 21.8 Å². The number of fused-ring (bicyclic) bond motifs is 2. The van der Waals surface area contributed by atoms with Crippen LogP contribution in [0.2, 0.25) is 0 Å². The molecule has 4 aromatic rings. The van der Waals surface area contributed by atoms with E-state index in [1.54, 1.807) is 7.11 Å². The van der Waals surface area contributed by atoms with Crippen LogP contribution in [0.4, 0.5) is 0 Å². The minimum Gasteiger partial charge on any atom is -0.497 e. The highest BCUT2D eigenvalue weighted by Crippen LogP contribution is 2.32. The van der Waals surface area contributed by atoms with Crippen molar-refractivity contribution in [1.82, 2.24) is 19.9 Å². The number of methoxy groups -OCH3 is 1. The van der Waals surface area contributed by atoms with Gasteiger partial charge in [-0.05, 0) is 48.2 Å². The molecule has 166 valence electrons. The molecule has 1 saturated heterocycles. The summed E-state index contributed by atoms with van der Waals surface area (Å²) in [5.74, 6) is 1.83. The van der Waals surface area contributed by atoms with Gasteiger partial charge in [-0.15, -0.1) is 0 Å². The zero-order valence-electron chi connectivity index (χ0n) is 18.0. The summed E-state index contributed by atoms with van der Waals surface area (Å²) >= 11 is 0. The number of rotatable bonds is 8. The summed E-state index contributed by atoms with van der Waals surface area (Å²) in [5, 5.41) is 1.88. The SMILES string of the molecule is COc1ccc2nc(OCCCN3CCOCC3)nc(Oc3ccc4cc[nH]c4c3)c2c1. The molecule has 1 N–H and O–H groups in total. The fourth-order valence-corrected chi connectivity index (χ4v) is 3.81. The van der Waals surface area contributed by atoms with Gasteiger partial charge in [-0.1, -0.05) is 0 Å². The molecule has 0 saturated carbocycles. The molecular weight excluding hydrogens is 408 g/mol. The molecule has 0 atom stereocenters. The zero-order valence-corrected chi connectivity index (χ0v) is 18.0. The first kappa shape index (κ1) is 20.5. The summed E-state index contributed by atoms with van der Waals surface area (Å²) in [6.45, 7) is 5.04. The lowest BCUT2D eigenvalue weighted by Crippen LogP contribution is -2.37. The summed E-state index contributed by atoms with van der Waals surface area (Å²) < 4.78 is 22.9. The van der Waals surface area contributed by atoms with Crippen LogP contribution in [-0.4, -0.2) is 66.4 Å². The standard InChI is InChI=1S/C24H26N4O4/c1-29-18-5-6-21-20(15-18)23(32-19-4-3-17-7-8-25-22(17)16-19)27-24(26-21)31-12-2-9-28-10-13-30-14-11-28/h3-8,15-16,25H,2,9-14H2,1H3. The monoisotopic (exact) mass is 434 g/mol. The maximum atomic E-state index is 6.18. The van der Waals surface area contributed by atoms with Gasteiger partial charge in [0.05, 0.1) is 37.8 Å². The Labute approximate surface area is 186 Å². The Morgan fingerprint density at radius 1 is 1.03 bits per heavy atom. The number of benzene rings is 2. The van der Waals surface area contributed by atoms with Crippen LogP contribution in [0, 0.1) is 0 Å². The molecule has 3 heterocycles. The second-order valence-electron chi connectivity index (χ2n) is 7.68. The summed E-state index contributed by atoms with van der Waals surface area (Å²) in [6, 6.07) is 13.8. The van der Waals surface area contributed by atoms with E-state index in [2.05, 4.69) is 19.9 Å². The van der Waals surface area contributed by atoms with Gasteiger partial charge < -0.3 is 23.9 Å². The lowest BCUT2D eigenvalue weighted by Gasteiger charge is -2.26. The number of nitrogens with zero attached hydrogens (tertiary/aromatic N) is 3. The maximum absolute atomic E-state index is 6.18. The van der Waals surface area contributed by atoms with Gasteiger partial charge in [0.1, 0.15) is 11.5 Å². The molecule has 0 spiro atoms. The van der Waals surface area contributed by atoms with Crippen LogP contribution >= 0.6 is 0 Å². The Hall–Kier alpha value is -3.36. The van der Waals surface area contributed by atoms with Crippen LogP contribution in [-0.2, 0) is 4.74 Å². The molecule has 1 aliphatic heterocycles. The molecule has 0 unspecified atom stereocenters. The first-order valence-electron chi connectivity index (χ1n) is 10.8. The van der Waals surface area contributed by atoms with Crippen LogP contribution in [0.3, 0.4) is 0 Å².